The topological polar surface area (TPSA) is 59.1 Å². The van der Waals surface area contributed by atoms with Crippen molar-refractivity contribution in [2.75, 3.05) is 25.2 Å². The van der Waals surface area contributed by atoms with Gasteiger partial charge in [0.05, 0.1) is 18.7 Å². The van der Waals surface area contributed by atoms with E-state index in [4.69, 9.17) is 9.47 Å². The predicted molar refractivity (Wildman–Crippen MR) is 136 cm³/mol. The molecule has 0 aliphatic carbocycles. The van der Waals surface area contributed by atoms with E-state index in [1.165, 1.54) is 0 Å². The van der Waals surface area contributed by atoms with E-state index in [1.54, 1.807) is 11.9 Å². The Hall–Kier alpha value is -3.64. The van der Waals surface area contributed by atoms with E-state index >= 15 is 0 Å². The summed E-state index contributed by atoms with van der Waals surface area (Å²) in [6, 6.07) is 26.2. The lowest BCUT2D eigenvalue weighted by Crippen LogP contribution is -2.36. The number of carbonyl (C=O) groups is 2. The molecule has 0 spiro atoms. The minimum atomic E-state index is -0.263. The summed E-state index contributed by atoms with van der Waals surface area (Å²) in [6.45, 7) is 4.97. The average Bonchev–Trinajstić information content (AvgIpc) is 2.89. The number of carbonyl (C=O) groups excluding carboxylic acids is 2. The maximum absolute atomic E-state index is 12.8. The third-order valence-electron chi connectivity index (χ3n) is 6.51. The zero-order chi connectivity index (χ0) is 24.8. The second kappa shape index (κ2) is 11.2. The molecule has 35 heavy (non-hydrogen) atoms. The number of fused-ring (bicyclic) bond motifs is 1. The fourth-order valence-electron chi connectivity index (χ4n) is 4.54. The van der Waals surface area contributed by atoms with Gasteiger partial charge in [-0.2, -0.15) is 0 Å². The quantitative estimate of drug-likeness (QED) is 0.396. The lowest BCUT2D eigenvalue weighted by atomic mass is 9.96. The second-order valence-electron chi connectivity index (χ2n) is 8.74. The first-order chi connectivity index (χ1) is 17.0. The van der Waals surface area contributed by atoms with Crippen LogP contribution in [0.5, 0.6) is 5.75 Å². The normalized spacial score (nSPS) is 14.7. The van der Waals surface area contributed by atoms with Gasteiger partial charge in [0, 0.05) is 25.7 Å². The molecule has 4 rings (SSSR count). The van der Waals surface area contributed by atoms with Gasteiger partial charge in [0.1, 0.15) is 5.75 Å². The van der Waals surface area contributed by atoms with Gasteiger partial charge in [0.25, 0.3) is 5.91 Å². The van der Waals surface area contributed by atoms with Crippen molar-refractivity contribution in [1.82, 2.24) is 4.90 Å². The first-order valence-corrected chi connectivity index (χ1v) is 12.0. The van der Waals surface area contributed by atoms with Crippen molar-refractivity contribution in [3.63, 3.8) is 0 Å². The Morgan fingerprint density at radius 2 is 1.71 bits per heavy atom. The molecule has 1 unspecified atom stereocenters. The lowest BCUT2D eigenvalue weighted by molar-refractivity contribution is -0.145. The SMILES string of the molecule is CCOC(=O)C[C@@H](c1ccc2c(c1)OCC(=O)N2C)N(Cc1ccccc1)C(C)c1ccccc1. The monoisotopic (exact) mass is 472 g/mol. The average molecular weight is 473 g/mol. The molecule has 3 aromatic carbocycles. The van der Waals surface area contributed by atoms with Gasteiger partial charge in [-0.05, 0) is 42.7 Å². The zero-order valence-electron chi connectivity index (χ0n) is 20.5. The summed E-state index contributed by atoms with van der Waals surface area (Å²) < 4.78 is 11.1. The molecular weight excluding hydrogens is 440 g/mol. The van der Waals surface area contributed by atoms with Crippen molar-refractivity contribution in [2.24, 2.45) is 0 Å². The molecule has 1 aliphatic rings. The van der Waals surface area contributed by atoms with Crippen LogP contribution in [0.1, 0.15) is 49.0 Å². The molecule has 0 radical (unpaired) electrons. The van der Waals surface area contributed by atoms with E-state index in [2.05, 4.69) is 36.1 Å². The van der Waals surface area contributed by atoms with Crippen molar-refractivity contribution in [1.29, 1.82) is 0 Å². The number of amides is 1. The summed E-state index contributed by atoms with van der Waals surface area (Å²) in [5.41, 5.74) is 3.99. The Labute approximate surface area is 207 Å². The van der Waals surface area contributed by atoms with Crippen molar-refractivity contribution in [3.8, 4) is 5.75 Å². The van der Waals surface area contributed by atoms with Crippen LogP contribution in [0.3, 0.4) is 0 Å². The van der Waals surface area contributed by atoms with Gasteiger partial charge >= 0.3 is 5.97 Å². The highest BCUT2D eigenvalue weighted by atomic mass is 16.5. The largest absolute Gasteiger partial charge is 0.482 e. The minimum absolute atomic E-state index is 0.00362. The molecule has 0 aromatic heterocycles. The summed E-state index contributed by atoms with van der Waals surface area (Å²) in [5, 5.41) is 0. The number of hydrogen-bond donors (Lipinski definition) is 0. The number of ether oxygens (including phenoxy) is 2. The van der Waals surface area contributed by atoms with Crippen molar-refractivity contribution < 1.29 is 19.1 Å². The van der Waals surface area contributed by atoms with Gasteiger partial charge in [-0.15, -0.1) is 0 Å². The van der Waals surface area contributed by atoms with Crippen LogP contribution in [0.2, 0.25) is 0 Å². The maximum Gasteiger partial charge on any atom is 0.307 e. The third-order valence-corrected chi connectivity index (χ3v) is 6.51. The second-order valence-corrected chi connectivity index (χ2v) is 8.74. The molecule has 0 saturated carbocycles. The van der Waals surface area contributed by atoms with Crippen LogP contribution in [-0.2, 0) is 20.9 Å². The number of likely N-dealkylation sites (N-methyl/N-ethyl adjacent to an activating group) is 1. The van der Waals surface area contributed by atoms with E-state index in [9.17, 15) is 9.59 Å². The number of nitrogens with zero attached hydrogens (tertiary/aromatic N) is 2. The molecule has 1 heterocycles. The molecular formula is C29H32N2O4. The molecule has 0 N–H and O–H groups in total. The van der Waals surface area contributed by atoms with Gasteiger partial charge in [-0.25, -0.2) is 0 Å². The molecule has 0 saturated heterocycles. The minimum Gasteiger partial charge on any atom is -0.482 e. The summed E-state index contributed by atoms with van der Waals surface area (Å²) in [7, 11) is 1.75. The fraction of sp³-hybridized carbons (Fsp3) is 0.310. The van der Waals surface area contributed by atoms with Gasteiger partial charge < -0.3 is 14.4 Å². The van der Waals surface area contributed by atoms with Crippen LogP contribution in [0.4, 0.5) is 5.69 Å². The van der Waals surface area contributed by atoms with Gasteiger partial charge in [-0.3, -0.25) is 14.5 Å². The van der Waals surface area contributed by atoms with Crippen LogP contribution in [0, 0.1) is 0 Å². The molecule has 6 heteroatoms. The van der Waals surface area contributed by atoms with Crippen molar-refractivity contribution in [2.45, 2.75) is 38.9 Å². The van der Waals surface area contributed by atoms with Crippen LogP contribution in [-0.4, -0.2) is 37.0 Å². The van der Waals surface area contributed by atoms with E-state index in [1.807, 2.05) is 61.5 Å². The van der Waals surface area contributed by atoms with Crippen LogP contribution in [0.25, 0.3) is 0 Å². The molecule has 0 fully saturated rings. The summed E-state index contributed by atoms with van der Waals surface area (Å²) in [5.74, 6) is 0.309. The van der Waals surface area contributed by atoms with Gasteiger partial charge in [-0.1, -0.05) is 66.7 Å². The van der Waals surface area contributed by atoms with Gasteiger partial charge in [0.2, 0.25) is 0 Å². The highest BCUT2D eigenvalue weighted by molar-refractivity contribution is 5.97. The molecule has 1 amide bonds. The Kier molecular flexibility index (Phi) is 7.83. The molecule has 6 nitrogen and oxygen atoms in total. The van der Waals surface area contributed by atoms with E-state index in [0.29, 0.717) is 18.9 Å². The van der Waals surface area contributed by atoms with E-state index in [0.717, 1.165) is 22.4 Å². The standard InChI is InChI=1S/C29H32N2O4/c1-4-34-29(33)18-26(24-15-16-25-27(17-24)35-20-28(32)30(25)3)31(19-22-11-7-5-8-12-22)21(2)23-13-9-6-10-14-23/h5-17,21,26H,4,18-20H2,1-3H3/t21?,26-/m0/s1. The molecule has 2 atom stereocenters. The molecule has 182 valence electrons. The van der Waals surface area contributed by atoms with E-state index in [-0.39, 0.29) is 37.0 Å². The number of anilines is 1. The highest BCUT2D eigenvalue weighted by Crippen LogP contribution is 2.39. The van der Waals surface area contributed by atoms with Gasteiger partial charge in [0.15, 0.2) is 6.61 Å². The summed E-state index contributed by atoms with van der Waals surface area (Å²) in [4.78, 5) is 28.8. The van der Waals surface area contributed by atoms with Crippen molar-refractivity contribution >= 4 is 17.6 Å². The Balaban J connectivity index is 1.77. The number of rotatable bonds is 9. The maximum atomic E-state index is 12.8. The number of benzene rings is 3. The van der Waals surface area contributed by atoms with Crippen LogP contribution < -0.4 is 9.64 Å². The van der Waals surface area contributed by atoms with Crippen LogP contribution >= 0.6 is 0 Å². The summed E-state index contributed by atoms with van der Waals surface area (Å²) in [6.07, 6.45) is 0.200. The lowest BCUT2D eigenvalue weighted by Gasteiger charge is -2.37. The number of hydrogen-bond acceptors (Lipinski definition) is 5. The first kappa shape index (κ1) is 24.5. The first-order valence-electron chi connectivity index (χ1n) is 12.0. The third kappa shape index (κ3) is 5.72. The smallest absolute Gasteiger partial charge is 0.307 e. The Morgan fingerprint density at radius 3 is 2.40 bits per heavy atom. The van der Waals surface area contributed by atoms with E-state index < -0.39 is 0 Å². The molecule has 0 bridgehead atoms. The predicted octanol–water partition coefficient (Wildman–Crippen LogP) is 5.30. The van der Waals surface area contributed by atoms with Crippen molar-refractivity contribution in [3.05, 3.63) is 95.6 Å². The zero-order valence-corrected chi connectivity index (χ0v) is 20.5. The van der Waals surface area contributed by atoms with Crippen LogP contribution in [0.15, 0.2) is 78.9 Å². The summed E-state index contributed by atoms with van der Waals surface area (Å²) >= 11 is 0. The fourth-order valence-corrected chi connectivity index (χ4v) is 4.54. The number of esters is 1. The molecule has 3 aromatic rings. The molecule has 1 aliphatic heterocycles. The Bertz CT molecular complexity index is 1150. The Morgan fingerprint density at radius 1 is 1.03 bits per heavy atom. The highest BCUT2D eigenvalue weighted by Gasteiger charge is 2.31.